The zero-order valence-electron chi connectivity index (χ0n) is 17.2. The fourth-order valence-corrected chi connectivity index (χ4v) is 3.19. The number of rotatable bonds is 5. The summed E-state index contributed by atoms with van der Waals surface area (Å²) in [5, 5.41) is 2.66. The van der Waals surface area contributed by atoms with Gasteiger partial charge in [0.2, 0.25) is 5.43 Å². The second kappa shape index (κ2) is 8.70. The zero-order valence-corrected chi connectivity index (χ0v) is 17.2. The smallest absolute Gasteiger partial charge is 0.416 e. The lowest BCUT2D eigenvalue weighted by Gasteiger charge is -2.15. The Kier molecular flexibility index (Phi) is 5.78. The number of pyridine rings is 1. The van der Waals surface area contributed by atoms with Gasteiger partial charge in [-0.25, -0.2) is 0 Å². The summed E-state index contributed by atoms with van der Waals surface area (Å²) in [7, 11) is 1.49. The maximum absolute atomic E-state index is 13.3. The molecule has 0 aliphatic rings. The zero-order chi connectivity index (χ0) is 23.6. The van der Waals surface area contributed by atoms with E-state index in [1.165, 1.54) is 13.3 Å². The van der Waals surface area contributed by atoms with Crippen molar-refractivity contribution < 1.29 is 27.4 Å². The Balaban J connectivity index is 1.70. The molecule has 9 heteroatoms. The van der Waals surface area contributed by atoms with E-state index in [-0.39, 0.29) is 22.4 Å². The lowest BCUT2D eigenvalue weighted by Crippen LogP contribution is -2.22. The average molecular weight is 454 g/mol. The van der Waals surface area contributed by atoms with Gasteiger partial charge in [-0.15, -0.1) is 0 Å². The number of amides is 1. The minimum Gasteiger partial charge on any atom is -0.497 e. The van der Waals surface area contributed by atoms with E-state index in [9.17, 15) is 22.8 Å². The molecule has 1 heterocycles. The first-order chi connectivity index (χ1) is 15.8. The highest BCUT2D eigenvalue weighted by Crippen LogP contribution is 2.37. The number of hydrogen-bond acceptors (Lipinski definition) is 4. The Labute approximate surface area is 185 Å². The molecule has 168 valence electrons. The Morgan fingerprint density at radius 1 is 0.970 bits per heavy atom. The third kappa shape index (κ3) is 4.67. The minimum absolute atomic E-state index is 0.0289. The number of fused-ring (bicyclic) bond motifs is 1. The lowest BCUT2D eigenvalue weighted by molar-refractivity contribution is -0.137. The Morgan fingerprint density at radius 2 is 1.67 bits per heavy atom. The molecule has 2 N–H and O–H groups in total. The largest absolute Gasteiger partial charge is 0.497 e. The molecule has 0 aliphatic heterocycles. The Hall–Kier alpha value is -4.27. The SMILES string of the molecule is COc1ccc(Oc2ccc(C(F)(F)F)cc2NC(=O)c2c[nH]c3ccccc3c2=O)cc1. The highest BCUT2D eigenvalue weighted by molar-refractivity contribution is 6.06. The van der Waals surface area contributed by atoms with E-state index in [0.29, 0.717) is 17.0 Å². The van der Waals surface area contributed by atoms with Crippen LogP contribution in [0.5, 0.6) is 17.2 Å². The molecule has 1 amide bonds. The van der Waals surface area contributed by atoms with Crippen LogP contribution < -0.4 is 20.2 Å². The summed E-state index contributed by atoms with van der Waals surface area (Å²) >= 11 is 0. The molecule has 4 rings (SSSR count). The molecule has 1 aromatic heterocycles. The van der Waals surface area contributed by atoms with Crippen LogP contribution >= 0.6 is 0 Å². The van der Waals surface area contributed by atoms with Gasteiger partial charge in [0.15, 0.2) is 5.75 Å². The molecular weight excluding hydrogens is 437 g/mol. The number of benzene rings is 3. The summed E-state index contributed by atoms with van der Waals surface area (Å²) in [4.78, 5) is 28.4. The number of ether oxygens (including phenoxy) is 2. The molecule has 4 aromatic rings. The standard InChI is InChI=1S/C24H17F3N2O4/c1-32-15-7-9-16(10-8-15)33-21-11-6-14(24(25,26)27)12-20(21)29-23(31)18-13-28-19-5-3-2-4-17(19)22(18)30/h2-13H,1H3,(H,28,30)(H,29,31). The number of methoxy groups -OCH3 is 1. The molecule has 6 nitrogen and oxygen atoms in total. The summed E-state index contributed by atoms with van der Waals surface area (Å²) < 4.78 is 50.6. The maximum atomic E-state index is 13.3. The topological polar surface area (TPSA) is 80.4 Å². The molecule has 0 saturated carbocycles. The van der Waals surface area contributed by atoms with E-state index in [1.807, 2.05) is 0 Å². The van der Waals surface area contributed by atoms with Gasteiger partial charge in [-0.05, 0) is 54.6 Å². The number of halogens is 3. The lowest BCUT2D eigenvalue weighted by atomic mass is 10.1. The highest BCUT2D eigenvalue weighted by atomic mass is 19.4. The number of aromatic nitrogens is 1. The Morgan fingerprint density at radius 3 is 2.36 bits per heavy atom. The van der Waals surface area contributed by atoms with Gasteiger partial charge in [0.1, 0.15) is 17.1 Å². The number of hydrogen-bond donors (Lipinski definition) is 2. The second-order valence-corrected chi connectivity index (χ2v) is 7.02. The van der Waals surface area contributed by atoms with E-state index in [4.69, 9.17) is 9.47 Å². The first kappa shape index (κ1) is 21.9. The van der Waals surface area contributed by atoms with Crippen LogP contribution in [0.2, 0.25) is 0 Å². The quantitative estimate of drug-likeness (QED) is 0.411. The fraction of sp³-hybridized carbons (Fsp3) is 0.0833. The van der Waals surface area contributed by atoms with Gasteiger partial charge in [0.05, 0.1) is 18.4 Å². The van der Waals surface area contributed by atoms with E-state index in [2.05, 4.69) is 10.3 Å². The molecule has 0 fully saturated rings. The van der Waals surface area contributed by atoms with Gasteiger partial charge in [-0.3, -0.25) is 9.59 Å². The molecule has 0 aliphatic carbocycles. The molecule has 0 saturated heterocycles. The number of para-hydroxylation sites is 1. The summed E-state index contributed by atoms with van der Waals surface area (Å²) in [5.74, 6) is -0.0203. The van der Waals surface area contributed by atoms with Gasteiger partial charge < -0.3 is 19.8 Å². The summed E-state index contributed by atoms with van der Waals surface area (Å²) in [6.07, 6.45) is -3.42. The molecular formula is C24H17F3N2O4. The van der Waals surface area contributed by atoms with Crippen LogP contribution in [0, 0.1) is 0 Å². The van der Waals surface area contributed by atoms with Gasteiger partial charge in [0.25, 0.3) is 5.91 Å². The number of carbonyl (C=O) groups is 1. The maximum Gasteiger partial charge on any atom is 0.416 e. The first-order valence-corrected chi connectivity index (χ1v) is 9.71. The van der Waals surface area contributed by atoms with Crippen molar-refractivity contribution in [2.24, 2.45) is 0 Å². The van der Waals surface area contributed by atoms with Crippen LogP contribution in [0.1, 0.15) is 15.9 Å². The van der Waals surface area contributed by atoms with Crippen molar-refractivity contribution >= 4 is 22.5 Å². The van der Waals surface area contributed by atoms with Gasteiger partial charge in [-0.1, -0.05) is 12.1 Å². The molecule has 0 spiro atoms. The van der Waals surface area contributed by atoms with Crippen LogP contribution in [-0.2, 0) is 6.18 Å². The summed E-state index contributed by atoms with van der Waals surface area (Å²) in [6.45, 7) is 0. The Bertz CT molecular complexity index is 1380. The molecule has 0 radical (unpaired) electrons. The van der Waals surface area contributed by atoms with Crippen LogP contribution in [0.3, 0.4) is 0 Å². The predicted molar refractivity (Wildman–Crippen MR) is 117 cm³/mol. The van der Waals surface area contributed by atoms with Crippen molar-refractivity contribution in [3.63, 3.8) is 0 Å². The highest BCUT2D eigenvalue weighted by Gasteiger charge is 2.31. The van der Waals surface area contributed by atoms with E-state index < -0.39 is 23.1 Å². The van der Waals surface area contributed by atoms with Crippen molar-refractivity contribution in [3.05, 3.63) is 94.3 Å². The van der Waals surface area contributed by atoms with Gasteiger partial charge in [-0.2, -0.15) is 13.2 Å². The predicted octanol–water partition coefficient (Wildman–Crippen LogP) is 5.60. The molecule has 3 aromatic carbocycles. The average Bonchev–Trinajstić information content (AvgIpc) is 2.80. The summed E-state index contributed by atoms with van der Waals surface area (Å²) in [6, 6.07) is 15.7. The van der Waals surface area contributed by atoms with E-state index in [1.54, 1.807) is 48.5 Å². The van der Waals surface area contributed by atoms with Crippen molar-refractivity contribution in [2.75, 3.05) is 12.4 Å². The third-order valence-corrected chi connectivity index (χ3v) is 4.88. The van der Waals surface area contributed by atoms with Crippen molar-refractivity contribution in [3.8, 4) is 17.2 Å². The number of anilines is 1. The molecule has 0 atom stereocenters. The van der Waals surface area contributed by atoms with Crippen molar-refractivity contribution in [1.82, 2.24) is 4.98 Å². The number of alkyl halides is 3. The van der Waals surface area contributed by atoms with Crippen LogP contribution in [0.15, 0.2) is 77.7 Å². The fourth-order valence-electron chi connectivity index (χ4n) is 3.19. The molecule has 0 unspecified atom stereocenters. The first-order valence-electron chi connectivity index (χ1n) is 9.71. The van der Waals surface area contributed by atoms with E-state index >= 15 is 0 Å². The van der Waals surface area contributed by atoms with Crippen LogP contribution in [0.25, 0.3) is 10.9 Å². The van der Waals surface area contributed by atoms with Crippen molar-refractivity contribution in [1.29, 1.82) is 0 Å². The number of carbonyl (C=O) groups excluding carboxylic acids is 1. The number of aromatic amines is 1. The van der Waals surface area contributed by atoms with Gasteiger partial charge >= 0.3 is 6.18 Å². The van der Waals surface area contributed by atoms with Gasteiger partial charge in [0, 0.05) is 17.1 Å². The third-order valence-electron chi connectivity index (χ3n) is 4.88. The monoisotopic (exact) mass is 454 g/mol. The minimum atomic E-state index is -4.64. The van der Waals surface area contributed by atoms with Crippen LogP contribution in [0.4, 0.5) is 18.9 Å². The molecule has 33 heavy (non-hydrogen) atoms. The molecule has 0 bridgehead atoms. The summed E-state index contributed by atoms with van der Waals surface area (Å²) in [5.41, 5.74) is -1.49. The number of H-pyrrole nitrogens is 1. The van der Waals surface area contributed by atoms with E-state index in [0.717, 1.165) is 18.2 Å². The second-order valence-electron chi connectivity index (χ2n) is 7.02. The number of nitrogens with one attached hydrogen (secondary N) is 2. The normalized spacial score (nSPS) is 11.3. The van der Waals surface area contributed by atoms with Crippen LogP contribution in [-0.4, -0.2) is 18.0 Å². The van der Waals surface area contributed by atoms with Crippen molar-refractivity contribution in [2.45, 2.75) is 6.18 Å².